The maximum atomic E-state index is 13.0. The minimum absolute atomic E-state index is 0.0841. The number of hydrogen-bond donors (Lipinski definition) is 0. The van der Waals surface area contributed by atoms with Crippen LogP contribution in [0.5, 0.6) is 11.8 Å². The van der Waals surface area contributed by atoms with Gasteiger partial charge in [0.1, 0.15) is 24.5 Å². The van der Waals surface area contributed by atoms with Crippen molar-refractivity contribution in [2.75, 3.05) is 63.2 Å². The normalized spacial score (nSPS) is 17.3. The Morgan fingerprint density at radius 1 is 1.11 bits per heavy atom. The molecule has 0 radical (unpaired) electrons. The van der Waals surface area contributed by atoms with E-state index in [1.807, 2.05) is 38.1 Å². The third-order valence-electron chi connectivity index (χ3n) is 7.73. The number of benzene rings is 2. The van der Waals surface area contributed by atoms with Gasteiger partial charge in [-0.05, 0) is 45.0 Å². The molecule has 5 rings (SSSR count). The van der Waals surface area contributed by atoms with E-state index >= 15 is 0 Å². The zero-order chi connectivity index (χ0) is 31.4. The lowest BCUT2D eigenvalue weighted by Crippen LogP contribution is -2.46. The Labute approximate surface area is 253 Å². The number of rotatable bonds is 9. The average molecular weight is 613 g/mol. The minimum atomic E-state index is -5.12. The average Bonchev–Trinajstić information content (AvgIpc) is 2.99. The molecular weight excluding hydrogens is 577 g/mol. The highest BCUT2D eigenvalue weighted by molar-refractivity contribution is 5.96. The fourth-order valence-corrected chi connectivity index (χ4v) is 5.49. The third kappa shape index (κ3) is 7.04. The van der Waals surface area contributed by atoms with Crippen molar-refractivity contribution in [1.29, 1.82) is 0 Å². The van der Waals surface area contributed by atoms with Crippen molar-refractivity contribution in [3.8, 4) is 11.8 Å². The molecule has 1 fully saturated rings. The number of halogens is 3. The van der Waals surface area contributed by atoms with Crippen molar-refractivity contribution in [1.82, 2.24) is 19.8 Å². The van der Waals surface area contributed by atoms with E-state index in [1.54, 1.807) is 18.3 Å². The minimum Gasteiger partial charge on any atom is -0.462 e. The quantitative estimate of drug-likeness (QED) is 0.154. The highest BCUT2D eigenvalue weighted by atomic mass is 19.4. The first-order valence-corrected chi connectivity index (χ1v) is 14.4. The highest BCUT2D eigenvalue weighted by Gasteiger charge is 2.41. The summed E-state index contributed by atoms with van der Waals surface area (Å²) in [6.45, 7) is 6.29. The van der Waals surface area contributed by atoms with Gasteiger partial charge in [-0.1, -0.05) is 24.3 Å². The summed E-state index contributed by atoms with van der Waals surface area (Å²) in [5, 5.41) is 1.46. The number of allylic oxidation sites excluding steroid dienone is 1. The second kappa shape index (κ2) is 13.1. The molecule has 0 saturated carbocycles. The van der Waals surface area contributed by atoms with E-state index in [0.29, 0.717) is 50.3 Å². The van der Waals surface area contributed by atoms with Gasteiger partial charge in [0.25, 0.3) is 0 Å². The second-order valence-corrected chi connectivity index (χ2v) is 11.1. The van der Waals surface area contributed by atoms with Crippen molar-refractivity contribution < 1.29 is 32.2 Å². The first-order valence-electron chi connectivity index (χ1n) is 14.4. The molecule has 2 aliphatic rings. The predicted octanol–water partition coefficient (Wildman–Crippen LogP) is 3.82. The second-order valence-electron chi connectivity index (χ2n) is 11.1. The van der Waals surface area contributed by atoms with E-state index in [0.717, 1.165) is 41.8 Å². The summed E-state index contributed by atoms with van der Waals surface area (Å²) in [4.78, 5) is 40.5. The molecule has 3 heterocycles. The number of nitrogens with zero attached hydrogens (tertiary/aromatic N) is 6. The standard InChI is InChI=1S/C31H35F3N6O4/c1-21-17-25-26(20-40(21)27-19-23(44-29(42)31(32,33)34)18-22-7-4-5-8-24(22)27)35-30(43-16-14-37(2)3)36-28(25)39-12-10-38(11-13-39)9-6-15-41/h4-9,15,18-19,21H,10-14,16-17,20H2,1-3H3/t21-/m1/s1. The van der Waals surface area contributed by atoms with E-state index in [2.05, 4.69) is 14.7 Å². The van der Waals surface area contributed by atoms with Crippen LogP contribution in [0.4, 0.5) is 24.7 Å². The summed E-state index contributed by atoms with van der Waals surface area (Å²) in [7, 11) is 3.90. The van der Waals surface area contributed by atoms with Crippen LogP contribution in [-0.2, 0) is 22.6 Å². The molecule has 2 aromatic carbocycles. The Morgan fingerprint density at radius 3 is 2.57 bits per heavy atom. The Bertz CT molecular complexity index is 1540. The van der Waals surface area contributed by atoms with Crippen molar-refractivity contribution >= 4 is 34.5 Å². The molecule has 0 unspecified atom stereocenters. The number of likely N-dealkylation sites (N-methyl/N-ethyl adjacent to an activating group) is 1. The van der Waals surface area contributed by atoms with Crippen molar-refractivity contribution in [3.63, 3.8) is 0 Å². The summed E-state index contributed by atoms with van der Waals surface area (Å²) >= 11 is 0. The van der Waals surface area contributed by atoms with E-state index < -0.39 is 12.1 Å². The van der Waals surface area contributed by atoms with Gasteiger partial charge in [0.15, 0.2) is 0 Å². The molecular formula is C31H35F3N6O4. The highest BCUT2D eigenvalue weighted by Crippen LogP contribution is 2.39. The number of aromatic nitrogens is 2. The van der Waals surface area contributed by atoms with Crippen molar-refractivity contribution in [2.45, 2.75) is 32.1 Å². The number of piperazine rings is 1. The van der Waals surface area contributed by atoms with Crippen LogP contribution in [0.15, 0.2) is 48.7 Å². The van der Waals surface area contributed by atoms with E-state index in [-0.39, 0.29) is 17.8 Å². The maximum Gasteiger partial charge on any atom is 0.491 e. The van der Waals surface area contributed by atoms with Crippen molar-refractivity contribution in [2.24, 2.45) is 0 Å². The Balaban J connectivity index is 1.50. The van der Waals surface area contributed by atoms with Gasteiger partial charge in [0.05, 0.1) is 12.2 Å². The van der Waals surface area contributed by atoms with Crippen LogP contribution < -0.4 is 19.3 Å². The van der Waals surface area contributed by atoms with Crippen LogP contribution in [-0.4, -0.2) is 97.7 Å². The molecule has 1 saturated heterocycles. The number of carbonyl (C=O) groups is 2. The third-order valence-corrected chi connectivity index (χ3v) is 7.73. The van der Waals surface area contributed by atoms with Gasteiger partial charge < -0.3 is 29.1 Å². The Morgan fingerprint density at radius 2 is 1.86 bits per heavy atom. The van der Waals surface area contributed by atoms with Gasteiger partial charge >= 0.3 is 18.2 Å². The molecule has 1 atom stereocenters. The van der Waals surface area contributed by atoms with Gasteiger partial charge in [-0.3, -0.25) is 4.79 Å². The zero-order valence-electron chi connectivity index (χ0n) is 24.9. The Hall–Kier alpha value is -4.39. The van der Waals surface area contributed by atoms with Crippen LogP contribution >= 0.6 is 0 Å². The van der Waals surface area contributed by atoms with Gasteiger partial charge in [-0.2, -0.15) is 23.1 Å². The monoisotopic (exact) mass is 612 g/mol. The van der Waals surface area contributed by atoms with Crippen LogP contribution in [0.25, 0.3) is 10.8 Å². The predicted molar refractivity (Wildman–Crippen MR) is 160 cm³/mol. The number of anilines is 2. The van der Waals surface area contributed by atoms with Gasteiger partial charge in [-0.25, -0.2) is 4.79 Å². The number of alkyl halides is 3. The zero-order valence-corrected chi connectivity index (χ0v) is 24.9. The molecule has 3 aromatic rings. The lowest BCUT2D eigenvalue weighted by Gasteiger charge is -2.40. The van der Waals surface area contributed by atoms with Gasteiger partial charge in [-0.15, -0.1) is 0 Å². The SMILES string of the molecule is C[C@@H]1Cc2c(nc(OCCN(C)C)nc2N2CCN(C=CC=O)CC2)CN1c1cc(OC(=O)C(F)(F)F)cc2ccccc12. The lowest BCUT2D eigenvalue weighted by atomic mass is 9.96. The molecule has 13 heteroatoms. The number of hydrogen-bond acceptors (Lipinski definition) is 10. The van der Waals surface area contributed by atoms with E-state index in [4.69, 9.17) is 19.4 Å². The maximum absolute atomic E-state index is 13.0. The topological polar surface area (TPSA) is 91.3 Å². The molecule has 0 spiro atoms. The number of carbonyl (C=O) groups excluding carboxylic acids is 2. The fourth-order valence-electron chi connectivity index (χ4n) is 5.49. The molecule has 0 amide bonds. The molecule has 1 aromatic heterocycles. The summed E-state index contributed by atoms with van der Waals surface area (Å²) < 4.78 is 49.8. The van der Waals surface area contributed by atoms with Crippen molar-refractivity contribution in [3.05, 3.63) is 59.9 Å². The largest absolute Gasteiger partial charge is 0.491 e. The van der Waals surface area contributed by atoms with Crippen LogP contribution in [0.1, 0.15) is 18.2 Å². The molecule has 10 nitrogen and oxygen atoms in total. The first-order chi connectivity index (χ1) is 21.0. The number of fused-ring (bicyclic) bond motifs is 2. The summed E-state index contributed by atoms with van der Waals surface area (Å²) in [5.74, 6) is -1.65. The number of ether oxygens (including phenoxy) is 2. The van der Waals surface area contributed by atoms with Crippen LogP contribution in [0.2, 0.25) is 0 Å². The summed E-state index contributed by atoms with van der Waals surface area (Å²) in [5.41, 5.74) is 2.39. The van der Waals surface area contributed by atoms with Gasteiger partial charge in [0, 0.05) is 67.7 Å². The molecule has 0 aliphatic carbocycles. The molecule has 44 heavy (non-hydrogen) atoms. The number of esters is 1. The smallest absolute Gasteiger partial charge is 0.462 e. The van der Waals surface area contributed by atoms with Crippen LogP contribution in [0, 0.1) is 0 Å². The molecule has 0 bridgehead atoms. The summed E-state index contributed by atoms with van der Waals surface area (Å²) in [6.07, 6.45) is -0.501. The Kier molecular flexibility index (Phi) is 9.23. The molecule has 234 valence electrons. The van der Waals surface area contributed by atoms with E-state index in [9.17, 15) is 22.8 Å². The molecule has 2 aliphatic heterocycles. The van der Waals surface area contributed by atoms with Gasteiger partial charge in [0.2, 0.25) is 0 Å². The first kappa shape index (κ1) is 31.0. The van der Waals surface area contributed by atoms with Crippen LogP contribution in [0.3, 0.4) is 0 Å². The molecule has 0 N–H and O–H groups in total. The summed E-state index contributed by atoms with van der Waals surface area (Å²) in [6, 6.07) is 10.4. The number of aldehydes is 1. The van der Waals surface area contributed by atoms with E-state index in [1.165, 1.54) is 18.2 Å². The lowest BCUT2D eigenvalue weighted by molar-refractivity contribution is -0.189. The fraction of sp³-hybridized carbons (Fsp3) is 0.419.